The molecular formula is C20H18N2O3. The van der Waals surface area contributed by atoms with Crippen LogP contribution in [0.2, 0.25) is 0 Å². The van der Waals surface area contributed by atoms with E-state index in [1.165, 1.54) is 4.90 Å². The number of carbonyl (C=O) groups is 2. The quantitative estimate of drug-likeness (QED) is 0.649. The van der Waals surface area contributed by atoms with Crippen molar-refractivity contribution in [3.8, 4) is 0 Å². The molecule has 3 rings (SSSR count). The zero-order valence-corrected chi connectivity index (χ0v) is 13.9. The molecular weight excluding hydrogens is 316 g/mol. The topological polar surface area (TPSA) is 63.4 Å². The summed E-state index contributed by atoms with van der Waals surface area (Å²) in [5.74, 6) is 0.218. The average Bonchev–Trinajstić information content (AvgIpc) is 3.08. The Morgan fingerprint density at radius 3 is 2.60 bits per heavy atom. The van der Waals surface area contributed by atoms with Gasteiger partial charge in [-0.2, -0.15) is 0 Å². The monoisotopic (exact) mass is 334 g/mol. The second kappa shape index (κ2) is 7.57. The van der Waals surface area contributed by atoms with Gasteiger partial charge in [-0.05, 0) is 11.6 Å². The summed E-state index contributed by atoms with van der Waals surface area (Å²) in [5, 5.41) is 0. The Morgan fingerprint density at radius 1 is 1.12 bits per heavy atom. The van der Waals surface area contributed by atoms with Crippen molar-refractivity contribution in [1.82, 2.24) is 9.88 Å². The van der Waals surface area contributed by atoms with E-state index >= 15 is 0 Å². The zero-order chi connectivity index (χ0) is 17.6. The lowest BCUT2D eigenvalue weighted by atomic mass is 10.1. The molecule has 0 N–H and O–H groups in total. The average molecular weight is 334 g/mol. The Bertz CT molecular complexity index is 871. The Kier molecular flexibility index (Phi) is 5.04. The summed E-state index contributed by atoms with van der Waals surface area (Å²) in [5.41, 5.74) is 2.70. The fraction of sp³-hybridized carbons (Fsp3) is 0.150. The second-order valence-corrected chi connectivity index (χ2v) is 5.76. The summed E-state index contributed by atoms with van der Waals surface area (Å²) in [6.07, 6.45) is 2.97. The number of hydrogen-bond acceptors (Lipinski definition) is 4. The molecule has 2 aromatic carbocycles. The van der Waals surface area contributed by atoms with E-state index in [9.17, 15) is 9.59 Å². The van der Waals surface area contributed by atoms with Crippen molar-refractivity contribution in [2.24, 2.45) is 0 Å². The normalized spacial score (nSPS) is 10.4. The molecule has 0 aliphatic rings. The molecule has 0 spiro atoms. The summed E-state index contributed by atoms with van der Waals surface area (Å²) in [7, 11) is 1.66. The number of hydrogen-bond donors (Lipinski definition) is 0. The number of oxazole rings is 1. The number of benzene rings is 2. The zero-order valence-electron chi connectivity index (χ0n) is 13.9. The number of aldehydes is 1. The van der Waals surface area contributed by atoms with Crippen LogP contribution in [0.5, 0.6) is 0 Å². The van der Waals surface area contributed by atoms with Crippen molar-refractivity contribution in [3.63, 3.8) is 0 Å². The highest BCUT2D eigenvalue weighted by Gasteiger charge is 2.17. The Labute approximate surface area is 145 Å². The maximum atomic E-state index is 12.5. The second-order valence-electron chi connectivity index (χ2n) is 5.76. The summed E-state index contributed by atoms with van der Waals surface area (Å²) in [6.45, 7) is 0.237. The minimum absolute atomic E-state index is 0.237. The SMILES string of the molecule is CN(Cc1nc(Cc2ccccc2)co1)C(=O)c1ccccc1C=O. The maximum Gasteiger partial charge on any atom is 0.254 e. The molecule has 0 fully saturated rings. The number of rotatable bonds is 6. The van der Waals surface area contributed by atoms with Gasteiger partial charge in [0.15, 0.2) is 6.29 Å². The van der Waals surface area contributed by atoms with Crippen LogP contribution in [0.15, 0.2) is 65.3 Å². The molecule has 1 heterocycles. The van der Waals surface area contributed by atoms with Crippen LogP contribution in [0.3, 0.4) is 0 Å². The van der Waals surface area contributed by atoms with Crippen LogP contribution in [-0.4, -0.2) is 29.1 Å². The van der Waals surface area contributed by atoms with Crippen LogP contribution in [0.1, 0.15) is 37.9 Å². The van der Waals surface area contributed by atoms with E-state index in [1.807, 2.05) is 30.3 Å². The van der Waals surface area contributed by atoms with E-state index in [-0.39, 0.29) is 12.5 Å². The molecule has 1 aromatic heterocycles. The highest BCUT2D eigenvalue weighted by Crippen LogP contribution is 2.13. The van der Waals surface area contributed by atoms with Gasteiger partial charge in [0.25, 0.3) is 5.91 Å². The van der Waals surface area contributed by atoms with Crippen molar-refractivity contribution >= 4 is 12.2 Å². The van der Waals surface area contributed by atoms with Gasteiger partial charge in [-0.15, -0.1) is 0 Å². The van der Waals surface area contributed by atoms with Crippen molar-refractivity contribution in [3.05, 3.63) is 89.1 Å². The van der Waals surface area contributed by atoms with Gasteiger partial charge in [0.1, 0.15) is 6.26 Å². The number of amides is 1. The first kappa shape index (κ1) is 16.6. The van der Waals surface area contributed by atoms with Gasteiger partial charge >= 0.3 is 0 Å². The van der Waals surface area contributed by atoms with Gasteiger partial charge in [-0.1, -0.05) is 48.5 Å². The molecule has 0 atom stereocenters. The number of aromatic nitrogens is 1. The van der Waals surface area contributed by atoms with Gasteiger partial charge in [0.2, 0.25) is 5.89 Å². The molecule has 0 saturated carbocycles. The minimum atomic E-state index is -0.245. The van der Waals surface area contributed by atoms with E-state index in [4.69, 9.17) is 4.42 Å². The molecule has 0 radical (unpaired) electrons. The lowest BCUT2D eigenvalue weighted by Crippen LogP contribution is -2.27. The Balaban J connectivity index is 1.68. The molecule has 1 amide bonds. The van der Waals surface area contributed by atoms with E-state index < -0.39 is 0 Å². The summed E-state index contributed by atoms with van der Waals surface area (Å²) in [4.78, 5) is 29.5. The van der Waals surface area contributed by atoms with Crippen molar-refractivity contribution in [1.29, 1.82) is 0 Å². The summed E-state index contributed by atoms with van der Waals surface area (Å²) >= 11 is 0. The molecule has 25 heavy (non-hydrogen) atoms. The van der Waals surface area contributed by atoms with Crippen LogP contribution in [0.4, 0.5) is 0 Å². The smallest absolute Gasteiger partial charge is 0.254 e. The van der Waals surface area contributed by atoms with Gasteiger partial charge in [0, 0.05) is 19.0 Å². The van der Waals surface area contributed by atoms with Gasteiger partial charge in [0.05, 0.1) is 17.8 Å². The van der Waals surface area contributed by atoms with Crippen LogP contribution in [-0.2, 0) is 13.0 Å². The Morgan fingerprint density at radius 2 is 1.84 bits per heavy atom. The van der Waals surface area contributed by atoms with E-state index in [1.54, 1.807) is 37.6 Å². The maximum absolute atomic E-state index is 12.5. The summed E-state index contributed by atoms with van der Waals surface area (Å²) in [6, 6.07) is 16.7. The summed E-state index contributed by atoms with van der Waals surface area (Å²) < 4.78 is 5.48. The standard InChI is InChI=1S/C20H18N2O3/c1-22(20(24)18-10-6-5-9-16(18)13-23)12-19-21-17(14-25-19)11-15-7-3-2-4-8-15/h2-10,13-14H,11-12H2,1H3. The van der Waals surface area contributed by atoms with Crippen molar-refractivity contribution in [2.75, 3.05) is 7.05 Å². The van der Waals surface area contributed by atoms with Crippen molar-refractivity contribution < 1.29 is 14.0 Å². The van der Waals surface area contributed by atoms with E-state index in [0.717, 1.165) is 11.3 Å². The largest absolute Gasteiger partial charge is 0.447 e. The fourth-order valence-corrected chi connectivity index (χ4v) is 2.58. The third kappa shape index (κ3) is 4.01. The molecule has 5 heteroatoms. The molecule has 126 valence electrons. The van der Waals surface area contributed by atoms with Gasteiger partial charge in [-0.25, -0.2) is 4.98 Å². The molecule has 0 aliphatic carbocycles. The fourth-order valence-electron chi connectivity index (χ4n) is 2.58. The van der Waals surface area contributed by atoms with Crippen LogP contribution >= 0.6 is 0 Å². The molecule has 0 aliphatic heterocycles. The van der Waals surface area contributed by atoms with Gasteiger partial charge in [-0.3, -0.25) is 9.59 Å². The molecule has 3 aromatic rings. The molecule has 0 bridgehead atoms. The third-order valence-electron chi connectivity index (χ3n) is 3.86. The molecule has 0 saturated heterocycles. The van der Waals surface area contributed by atoms with Gasteiger partial charge < -0.3 is 9.32 Å². The first-order valence-electron chi connectivity index (χ1n) is 7.94. The number of nitrogens with zero attached hydrogens (tertiary/aromatic N) is 2. The van der Waals surface area contributed by atoms with Crippen LogP contribution in [0.25, 0.3) is 0 Å². The molecule has 5 nitrogen and oxygen atoms in total. The van der Waals surface area contributed by atoms with E-state index in [0.29, 0.717) is 29.7 Å². The highest BCUT2D eigenvalue weighted by atomic mass is 16.3. The highest BCUT2D eigenvalue weighted by molar-refractivity contribution is 6.01. The number of carbonyl (C=O) groups excluding carboxylic acids is 2. The Hall–Kier alpha value is -3.21. The minimum Gasteiger partial charge on any atom is -0.447 e. The van der Waals surface area contributed by atoms with Crippen LogP contribution in [0, 0.1) is 0 Å². The van der Waals surface area contributed by atoms with E-state index in [2.05, 4.69) is 4.98 Å². The lowest BCUT2D eigenvalue weighted by molar-refractivity contribution is 0.0770. The molecule has 0 unspecified atom stereocenters. The van der Waals surface area contributed by atoms with Crippen molar-refractivity contribution in [2.45, 2.75) is 13.0 Å². The lowest BCUT2D eigenvalue weighted by Gasteiger charge is -2.16. The predicted octanol–water partition coefficient (Wildman–Crippen LogP) is 3.35. The first-order valence-corrected chi connectivity index (χ1v) is 7.94. The van der Waals surface area contributed by atoms with Crippen LogP contribution < -0.4 is 0 Å². The third-order valence-corrected chi connectivity index (χ3v) is 3.86. The first-order chi connectivity index (χ1) is 12.2. The predicted molar refractivity (Wildman–Crippen MR) is 93.4 cm³/mol.